The first kappa shape index (κ1) is 18.7. The molecule has 0 heterocycles. The lowest BCUT2D eigenvalue weighted by Gasteiger charge is -2.06. The average Bonchev–Trinajstić information content (AvgIpc) is 2.70. The Morgan fingerprint density at radius 1 is 0.963 bits per heavy atom. The molecule has 0 aliphatic heterocycles. The first-order chi connectivity index (χ1) is 13.2. The summed E-state index contributed by atoms with van der Waals surface area (Å²) in [5, 5.41) is 4.56. The van der Waals surface area contributed by atoms with E-state index in [4.69, 9.17) is 16.3 Å². The number of ether oxygens (including phenoxy) is 1. The van der Waals surface area contributed by atoms with Gasteiger partial charge in [0, 0.05) is 17.0 Å². The van der Waals surface area contributed by atoms with Gasteiger partial charge in [-0.3, -0.25) is 4.79 Å². The first-order valence-corrected chi connectivity index (χ1v) is 8.94. The highest BCUT2D eigenvalue weighted by atomic mass is 35.5. The molecule has 4 nitrogen and oxygen atoms in total. The molecule has 5 heteroatoms. The third-order valence-electron chi connectivity index (χ3n) is 3.87. The number of carbonyl (C=O) groups excluding carboxylic acids is 1. The number of hydrogen-bond acceptors (Lipinski definition) is 3. The maximum absolute atomic E-state index is 11.9. The highest BCUT2D eigenvalue weighted by molar-refractivity contribution is 6.30. The van der Waals surface area contributed by atoms with Gasteiger partial charge in [-0.1, -0.05) is 41.9 Å². The van der Waals surface area contributed by atoms with Gasteiger partial charge in [0.1, 0.15) is 5.75 Å². The van der Waals surface area contributed by atoms with Gasteiger partial charge >= 0.3 is 0 Å². The molecule has 0 saturated carbocycles. The summed E-state index contributed by atoms with van der Waals surface area (Å²) in [6.45, 7) is 0.620. The minimum Gasteiger partial charge on any atom is -0.493 e. The number of benzene rings is 3. The summed E-state index contributed by atoms with van der Waals surface area (Å²) >= 11 is 5.80. The summed E-state index contributed by atoms with van der Waals surface area (Å²) in [6.07, 6.45) is 2.45. The van der Waals surface area contributed by atoms with Gasteiger partial charge in [-0.2, -0.15) is 5.10 Å². The number of rotatable bonds is 7. The Kier molecular flexibility index (Phi) is 6.61. The first-order valence-electron chi connectivity index (χ1n) is 8.56. The highest BCUT2D eigenvalue weighted by Crippen LogP contribution is 2.12. The van der Waals surface area contributed by atoms with Gasteiger partial charge in [-0.25, -0.2) is 5.43 Å². The van der Waals surface area contributed by atoms with Crippen molar-refractivity contribution in [1.29, 1.82) is 0 Å². The second kappa shape index (κ2) is 9.55. The minimum absolute atomic E-state index is 0.288. The van der Waals surface area contributed by atoms with Crippen molar-refractivity contribution in [3.05, 3.63) is 101 Å². The molecule has 0 fully saturated rings. The van der Waals surface area contributed by atoms with Crippen molar-refractivity contribution >= 4 is 23.7 Å². The molecule has 0 bridgehead atoms. The number of hydrazone groups is 1. The molecule has 0 aliphatic rings. The van der Waals surface area contributed by atoms with E-state index in [0.29, 0.717) is 17.2 Å². The van der Waals surface area contributed by atoms with Gasteiger partial charge in [0.05, 0.1) is 12.8 Å². The molecule has 0 spiro atoms. The number of amides is 1. The predicted octanol–water partition coefficient (Wildman–Crippen LogP) is 4.73. The molecule has 0 aliphatic carbocycles. The summed E-state index contributed by atoms with van der Waals surface area (Å²) in [4.78, 5) is 11.9. The average molecular weight is 379 g/mol. The van der Waals surface area contributed by atoms with Crippen LogP contribution in [0, 0.1) is 0 Å². The van der Waals surface area contributed by atoms with E-state index in [1.54, 1.807) is 30.5 Å². The molecule has 0 unspecified atom stereocenters. The third-order valence-corrected chi connectivity index (χ3v) is 4.12. The quantitative estimate of drug-likeness (QED) is 0.477. The van der Waals surface area contributed by atoms with E-state index in [-0.39, 0.29) is 5.91 Å². The van der Waals surface area contributed by atoms with Crippen molar-refractivity contribution in [2.24, 2.45) is 5.10 Å². The van der Waals surface area contributed by atoms with Crippen molar-refractivity contribution in [1.82, 2.24) is 5.43 Å². The topological polar surface area (TPSA) is 50.7 Å². The number of carbonyl (C=O) groups is 1. The molecule has 3 aromatic rings. The molecular weight excluding hydrogens is 360 g/mol. The highest BCUT2D eigenvalue weighted by Gasteiger charge is 2.03. The van der Waals surface area contributed by atoms with Crippen LogP contribution in [0.15, 0.2) is 84.0 Å². The summed E-state index contributed by atoms with van der Waals surface area (Å²) in [5.41, 5.74) is 5.10. The van der Waals surface area contributed by atoms with Crippen LogP contribution in [0.3, 0.4) is 0 Å². The maximum Gasteiger partial charge on any atom is 0.271 e. The summed E-state index contributed by atoms with van der Waals surface area (Å²) in [7, 11) is 0. The van der Waals surface area contributed by atoms with E-state index in [1.165, 1.54) is 5.56 Å². The van der Waals surface area contributed by atoms with Crippen LogP contribution in [0.2, 0.25) is 5.02 Å². The zero-order valence-electron chi connectivity index (χ0n) is 14.6. The fraction of sp³-hybridized carbons (Fsp3) is 0.0909. The van der Waals surface area contributed by atoms with Crippen LogP contribution in [0.5, 0.6) is 5.75 Å². The molecule has 0 atom stereocenters. The standard InChI is InChI=1S/C22H19ClN2O2/c23-20-10-8-19(9-11-20)22(26)25-24-16-18-6-12-21(13-7-18)27-15-14-17-4-2-1-3-5-17/h1-13,16H,14-15H2,(H,25,26)/b24-16+. The zero-order chi connectivity index (χ0) is 18.9. The lowest BCUT2D eigenvalue weighted by atomic mass is 10.2. The molecule has 3 aromatic carbocycles. The largest absolute Gasteiger partial charge is 0.493 e. The maximum atomic E-state index is 11.9. The Morgan fingerprint density at radius 2 is 1.67 bits per heavy atom. The van der Waals surface area contributed by atoms with Crippen molar-refractivity contribution in [2.45, 2.75) is 6.42 Å². The second-order valence-electron chi connectivity index (χ2n) is 5.86. The number of nitrogens with zero attached hydrogens (tertiary/aromatic N) is 1. The van der Waals surface area contributed by atoms with Gasteiger partial charge in [0.2, 0.25) is 0 Å². The molecule has 3 rings (SSSR count). The minimum atomic E-state index is -0.288. The second-order valence-corrected chi connectivity index (χ2v) is 6.30. The number of nitrogens with one attached hydrogen (secondary N) is 1. The van der Waals surface area contributed by atoms with E-state index >= 15 is 0 Å². The number of halogens is 1. The Balaban J connectivity index is 1.46. The molecule has 1 amide bonds. The van der Waals surface area contributed by atoms with Crippen molar-refractivity contribution in [3.8, 4) is 5.75 Å². The Morgan fingerprint density at radius 3 is 2.37 bits per heavy atom. The molecule has 1 N–H and O–H groups in total. The van der Waals surface area contributed by atoms with Crippen LogP contribution in [0.1, 0.15) is 21.5 Å². The summed E-state index contributed by atoms with van der Waals surface area (Å²) in [6, 6.07) is 24.4. The SMILES string of the molecule is O=C(N/N=C/c1ccc(OCCc2ccccc2)cc1)c1ccc(Cl)cc1. The summed E-state index contributed by atoms with van der Waals surface area (Å²) < 4.78 is 5.75. The lowest BCUT2D eigenvalue weighted by Crippen LogP contribution is -2.17. The monoisotopic (exact) mass is 378 g/mol. The van der Waals surface area contributed by atoms with E-state index in [9.17, 15) is 4.79 Å². The fourth-order valence-corrected chi connectivity index (χ4v) is 2.54. The van der Waals surface area contributed by atoms with Crippen LogP contribution in [-0.4, -0.2) is 18.7 Å². The predicted molar refractivity (Wildman–Crippen MR) is 109 cm³/mol. The Labute approximate surface area is 163 Å². The van der Waals surface area contributed by atoms with E-state index in [1.807, 2.05) is 42.5 Å². The molecule has 0 saturated heterocycles. The van der Waals surface area contributed by atoms with Crippen LogP contribution < -0.4 is 10.2 Å². The van der Waals surface area contributed by atoms with E-state index < -0.39 is 0 Å². The molecule has 27 heavy (non-hydrogen) atoms. The van der Waals surface area contributed by atoms with Gasteiger partial charge < -0.3 is 4.74 Å². The molecular formula is C22H19ClN2O2. The van der Waals surface area contributed by atoms with Crippen LogP contribution >= 0.6 is 11.6 Å². The van der Waals surface area contributed by atoms with E-state index in [2.05, 4.69) is 22.7 Å². The van der Waals surface area contributed by atoms with Crippen molar-refractivity contribution < 1.29 is 9.53 Å². The molecule has 0 radical (unpaired) electrons. The summed E-state index contributed by atoms with van der Waals surface area (Å²) in [5.74, 6) is 0.511. The van der Waals surface area contributed by atoms with Crippen LogP contribution in [0.4, 0.5) is 0 Å². The number of hydrogen-bond donors (Lipinski definition) is 1. The third kappa shape index (κ3) is 5.97. The molecule has 0 aromatic heterocycles. The van der Waals surface area contributed by atoms with Gasteiger partial charge in [-0.15, -0.1) is 0 Å². The van der Waals surface area contributed by atoms with Crippen molar-refractivity contribution in [2.75, 3.05) is 6.61 Å². The van der Waals surface area contributed by atoms with Gasteiger partial charge in [-0.05, 0) is 59.7 Å². The van der Waals surface area contributed by atoms with Gasteiger partial charge in [0.25, 0.3) is 5.91 Å². The smallest absolute Gasteiger partial charge is 0.271 e. The normalized spacial score (nSPS) is 10.7. The Bertz CT molecular complexity index is 892. The fourth-order valence-electron chi connectivity index (χ4n) is 2.41. The van der Waals surface area contributed by atoms with Gasteiger partial charge in [0.15, 0.2) is 0 Å². The molecule has 136 valence electrons. The zero-order valence-corrected chi connectivity index (χ0v) is 15.4. The Hall–Kier alpha value is -3.11. The lowest BCUT2D eigenvalue weighted by molar-refractivity contribution is 0.0955. The van der Waals surface area contributed by atoms with Crippen LogP contribution in [0.25, 0.3) is 0 Å². The van der Waals surface area contributed by atoms with Crippen molar-refractivity contribution in [3.63, 3.8) is 0 Å². The van der Waals surface area contributed by atoms with E-state index in [0.717, 1.165) is 17.7 Å². The van der Waals surface area contributed by atoms with Crippen LogP contribution in [-0.2, 0) is 6.42 Å².